The highest BCUT2D eigenvalue weighted by atomic mass is 32.2. The summed E-state index contributed by atoms with van der Waals surface area (Å²) in [6, 6.07) is 14.8. The first-order valence-electron chi connectivity index (χ1n) is 12.5. The van der Waals surface area contributed by atoms with Crippen LogP contribution in [-0.2, 0) is 14.8 Å². The number of hydrogen-bond acceptors (Lipinski definition) is 4. The maximum atomic E-state index is 13.4. The van der Waals surface area contributed by atoms with E-state index in [4.69, 9.17) is 4.74 Å². The largest absolute Gasteiger partial charge is 0.487 e. The van der Waals surface area contributed by atoms with E-state index in [0.29, 0.717) is 19.4 Å². The van der Waals surface area contributed by atoms with Crippen molar-refractivity contribution in [2.24, 2.45) is 5.92 Å². The summed E-state index contributed by atoms with van der Waals surface area (Å²) in [5.74, 6) is 0.455. The van der Waals surface area contributed by atoms with Crippen LogP contribution >= 0.6 is 0 Å². The van der Waals surface area contributed by atoms with Crippen LogP contribution in [0.2, 0.25) is 0 Å². The standard InChI is InChI=1S/C27H34N2O4S/c1-20-11-13-22(14-12-20)34(31,32)29-17-7-8-21(19-29)26(30)28-24-18-27(15-5-2-6-16-27)33-25-10-4-3-9-23(24)25/h3-4,9-14,21,24H,2,5-8,15-19H2,1H3,(H,28,30)/t21-,24-/m1/s1. The molecule has 0 unspecified atom stereocenters. The Kier molecular flexibility index (Phi) is 6.42. The van der Waals surface area contributed by atoms with E-state index in [1.165, 1.54) is 10.7 Å². The molecule has 2 aromatic carbocycles. The van der Waals surface area contributed by atoms with E-state index in [-0.39, 0.29) is 34.9 Å². The smallest absolute Gasteiger partial charge is 0.243 e. The number of hydrogen-bond donors (Lipinski definition) is 1. The molecule has 2 fully saturated rings. The Bertz CT molecular complexity index is 1140. The molecule has 1 aliphatic carbocycles. The molecule has 2 heterocycles. The second-order valence-electron chi connectivity index (χ2n) is 10.2. The summed E-state index contributed by atoms with van der Waals surface area (Å²) < 4.78 is 34.4. The highest BCUT2D eigenvalue weighted by molar-refractivity contribution is 7.89. The summed E-state index contributed by atoms with van der Waals surface area (Å²) in [5.41, 5.74) is 1.83. The maximum Gasteiger partial charge on any atom is 0.243 e. The van der Waals surface area contributed by atoms with Crippen LogP contribution in [0.3, 0.4) is 0 Å². The van der Waals surface area contributed by atoms with Crippen LogP contribution in [0.5, 0.6) is 5.75 Å². The lowest BCUT2D eigenvalue weighted by molar-refractivity contribution is -0.127. The third-order valence-corrected chi connectivity index (χ3v) is 9.57. The quantitative estimate of drug-likeness (QED) is 0.683. The highest BCUT2D eigenvalue weighted by Crippen LogP contribution is 2.46. The minimum absolute atomic E-state index is 0.0588. The number of para-hydroxylation sites is 1. The van der Waals surface area contributed by atoms with Gasteiger partial charge >= 0.3 is 0 Å². The number of nitrogens with one attached hydrogen (secondary N) is 1. The van der Waals surface area contributed by atoms with Crippen LogP contribution in [0, 0.1) is 12.8 Å². The first-order valence-corrected chi connectivity index (χ1v) is 14.0. The fraction of sp³-hybridized carbons (Fsp3) is 0.519. The second kappa shape index (κ2) is 9.34. The molecule has 0 aromatic heterocycles. The van der Waals surface area contributed by atoms with Crippen molar-refractivity contribution in [1.82, 2.24) is 9.62 Å². The summed E-state index contributed by atoms with van der Waals surface area (Å²) in [7, 11) is -3.62. The molecule has 0 radical (unpaired) electrons. The molecule has 3 aliphatic rings. The number of piperidine rings is 1. The number of amides is 1. The van der Waals surface area contributed by atoms with Crippen LogP contribution in [0.15, 0.2) is 53.4 Å². The number of carbonyl (C=O) groups is 1. The predicted molar refractivity (Wildman–Crippen MR) is 131 cm³/mol. The van der Waals surface area contributed by atoms with E-state index in [9.17, 15) is 13.2 Å². The second-order valence-corrected chi connectivity index (χ2v) is 12.1. The minimum Gasteiger partial charge on any atom is -0.487 e. The first kappa shape index (κ1) is 23.4. The molecule has 1 saturated carbocycles. The average Bonchev–Trinajstić information content (AvgIpc) is 2.85. The number of ether oxygens (including phenoxy) is 1. The lowest BCUT2D eigenvalue weighted by Gasteiger charge is -2.45. The van der Waals surface area contributed by atoms with Gasteiger partial charge in [-0.1, -0.05) is 42.3 Å². The first-order chi connectivity index (χ1) is 16.4. The van der Waals surface area contributed by atoms with Crippen LogP contribution in [0.25, 0.3) is 0 Å². The third-order valence-electron chi connectivity index (χ3n) is 7.69. The Morgan fingerprint density at radius 2 is 1.76 bits per heavy atom. The number of rotatable bonds is 4. The Morgan fingerprint density at radius 3 is 2.53 bits per heavy atom. The summed E-state index contributed by atoms with van der Waals surface area (Å²) >= 11 is 0. The van der Waals surface area contributed by atoms with Crippen LogP contribution in [0.4, 0.5) is 0 Å². The zero-order chi connectivity index (χ0) is 23.8. The lowest BCUT2D eigenvalue weighted by atomic mass is 9.77. The van der Waals surface area contributed by atoms with Crippen molar-refractivity contribution in [2.75, 3.05) is 13.1 Å². The number of fused-ring (bicyclic) bond motifs is 1. The Hall–Kier alpha value is -2.38. The van der Waals surface area contributed by atoms with Crippen molar-refractivity contribution < 1.29 is 17.9 Å². The van der Waals surface area contributed by atoms with Gasteiger partial charge in [0.1, 0.15) is 11.4 Å². The molecule has 182 valence electrons. The number of nitrogens with zero attached hydrogens (tertiary/aromatic N) is 1. The van der Waals surface area contributed by atoms with Gasteiger partial charge in [-0.25, -0.2) is 8.42 Å². The Labute approximate surface area is 202 Å². The number of benzene rings is 2. The molecule has 7 heteroatoms. The Balaban J connectivity index is 1.32. The monoisotopic (exact) mass is 482 g/mol. The molecular weight excluding hydrogens is 448 g/mol. The van der Waals surface area contributed by atoms with Gasteiger partial charge in [-0.15, -0.1) is 0 Å². The molecule has 1 spiro atoms. The predicted octanol–water partition coefficient (Wildman–Crippen LogP) is 4.74. The van der Waals surface area contributed by atoms with Gasteiger partial charge in [-0.2, -0.15) is 4.31 Å². The van der Waals surface area contributed by atoms with E-state index in [1.54, 1.807) is 12.1 Å². The van der Waals surface area contributed by atoms with E-state index in [2.05, 4.69) is 5.32 Å². The van der Waals surface area contributed by atoms with Gasteiger partial charge in [-0.05, 0) is 63.6 Å². The molecule has 34 heavy (non-hydrogen) atoms. The topological polar surface area (TPSA) is 75.7 Å². The van der Waals surface area contributed by atoms with Gasteiger partial charge in [0.2, 0.25) is 15.9 Å². The summed E-state index contributed by atoms with van der Waals surface area (Å²) in [4.78, 5) is 13.7. The van der Waals surface area contributed by atoms with Gasteiger partial charge in [0.25, 0.3) is 0 Å². The molecule has 2 aliphatic heterocycles. The number of aryl methyl sites for hydroxylation is 1. The summed E-state index contributed by atoms with van der Waals surface area (Å²) in [6.07, 6.45) is 7.71. The highest BCUT2D eigenvalue weighted by Gasteiger charge is 2.43. The molecule has 0 bridgehead atoms. The zero-order valence-electron chi connectivity index (χ0n) is 19.8. The maximum absolute atomic E-state index is 13.4. The van der Waals surface area contributed by atoms with Crippen molar-refractivity contribution in [3.63, 3.8) is 0 Å². The molecule has 1 saturated heterocycles. The lowest BCUT2D eigenvalue weighted by Crippen LogP contribution is -2.49. The molecule has 5 rings (SSSR count). The number of carbonyl (C=O) groups excluding carboxylic acids is 1. The summed E-state index contributed by atoms with van der Waals surface area (Å²) in [5, 5.41) is 3.30. The van der Waals surface area contributed by atoms with Crippen molar-refractivity contribution in [3.05, 3.63) is 59.7 Å². The molecule has 2 aromatic rings. The van der Waals surface area contributed by atoms with Gasteiger partial charge < -0.3 is 10.1 Å². The van der Waals surface area contributed by atoms with E-state index in [0.717, 1.165) is 49.0 Å². The van der Waals surface area contributed by atoms with Gasteiger partial charge in [0.05, 0.1) is 16.9 Å². The Morgan fingerprint density at radius 1 is 1.03 bits per heavy atom. The fourth-order valence-corrected chi connectivity index (χ4v) is 7.30. The van der Waals surface area contributed by atoms with Crippen molar-refractivity contribution in [1.29, 1.82) is 0 Å². The van der Waals surface area contributed by atoms with Crippen LogP contribution in [-0.4, -0.2) is 37.3 Å². The molecule has 2 atom stereocenters. The normalized spacial score (nSPS) is 24.7. The van der Waals surface area contributed by atoms with Gasteiger partial charge in [-0.3, -0.25) is 4.79 Å². The average molecular weight is 483 g/mol. The van der Waals surface area contributed by atoms with Crippen molar-refractivity contribution in [3.8, 4) is 5.75 Å². The fourth-order valence-electron chi connectivity index (χ4n) is 5.77. The summed E-state index contributed by atoms with van der Waals surface area (Å²) in [6.45, 7) is 2.60. The molecule has 6 nitrogen and oxygen atoms in total. The van der Waals surface area contributed by atoms with Gasteiger partial charge in [0.15, 0.2) is 0 Å². The van der Waals surface area contributed by atoms with E-state index in [1.807, 2.05) is 43.3 Å². The molecular formula is C27H34N2O4S. The van der Waals surface area contributed by atoms with Crippen molar-refractivity contribution in [2.45, 2.75) is 74.8 Å². The van der Waals surface area contributed by atoms with E-state index < -0.39 is 10.0 Å². The SMILES string of the molecule is Cc1ccc(S(=O)(=O)N2CCC[C@@H](C(=O)N[C@@H]3CC4(CCCCC4)Oc4ccccc43)C2)cc1. The van der Waals surface area contributed by atoms with Gasteiger partial charge in [0, 0.05) is 25.1 Å². The minimum atomic E-state index is -3.62. The third kappa shape index (κ3) is 4.60. The van der Waals surface area contributed by atoms with Crippen LogP contribution < -0.4 is 10.1 Å². The zero-order valence-corrected chi connectivity index (χ0v) is 20.6. The van der Waals surface area contributed by atoms with Crippen LogP contribution in [0.1, 0.15) is 68.5 Å². The van der Waals surface area contributed by atoms with E-state index >= 15 is 0 Å². The van der Waals surface area contributed by atoms with Crippen molar-refractivity contribution >= 4 is 15.9 Å². The molecule has 1 N–H and O–H groups in total. The number of sulfonamides is 1. The molecule has 1 amide bonds.